The summed E-state index contributed by atoms with van der Waals surface area (Å²) in [5, 5.41) is 7.50. The number of likely N-dealkylation sites (tertiary alicyclic amines) is 1. The minimum absolute atomic E-state index is 0.0370. The van der Waals surface area contributed by atoms with Gasteiger partial charge in [0.05, 0.1) is 28.4 Å². The number of hydrogen-bond donors (Lipinski definition) is 0. The standard InChI is InChI=1S/C27H27N3O3S/c1-3-32-23-12-8-7-11-21(23)27(31)30-15-13-20(14-16-30)26-28-22(17-34-26)24-18(2)33-29-25(24)19-9-5-4-6-10-19/h4-12,17,20H,3,13-16H2,1-2H3. The highest BCUT2D eigenvalue weighted by Gasteiger charge is 2.28. The lowest BCUT2D eigenvalue weighted by Crippen LogP contribution is -2.38. The summed E-state index contributed by atoms with van der Waals surface area (Å²) >= 11 is 1.68. The Bertz CT molecular complexity index is 1270. The van der Waals surface area contributed by atoms with Crippen LogP contribution in [0.25, 0.3) is 22.5 Å². The molecule has 0 N–H and O–H groups in total. The summed E-state index contributed by atoms with van der Waals surface area (Å²) in [4.78, 5) is 20.0. The van der Waals surface area contributed by atoms with Crippen molar-refractivity contribution in [3.8, 4) is 28.3 Å². The van der Waals surface area contributed by atoms with E-state index in [9.17, 15) is 4.79 Å². The lowest BCUT2D eigenvalue weighted by molar-refractivity contribution is 0.0709. The zero-order valence-corrected chi connectivity index (χ0v) is 20.2. The number of benzene rings is 2. The number of nitrogens with zero attached hydrogens (tertiary/aromatic N) is 3. The molecular formula is C27H27N3O3S. The van der Waals surface area contributed by atoms with Crippen LogP contribution in [0.2, 0.25) is 0 Å². The molecule has 34 heavy (non-hydrogen) atoms. The summed E-state index contributed by atoms with van der Waals surface area (Å²) in [5.74, 6) is 1.80. The molecule has 4 aromatic rings. The third-order valence-electron chi connectivity index (χ3n) is 6.24. The van der Waals surface area contributed by atoms with Crippen LogP contribution in [0, 0.1) is 6.92 Å². The summed E-state index contributed by atoms with van der Waals surface area (Å²) in [6.07, 6.45) is 1.79. The van der Waals surface area contributed by atoms with Crippen LogP contribution in [0.15, 0.2) is 64.5 Å². The van der Waals surface area contributed by atoms with Crippen LogP contribution in [-0.2, 0) is 0 Å². The topological polar surface area (TPSA) is 68.5 Å². The molecule has 0 bridgehead atoms. The van der Waals surface area contributed by atoms with E-state index in [1.807, 2.05) is 73.3 Å². The van der Waals surface area contributed by atoms with E-state index in [4.69, 9.17) is 14.2 Å². The van der Waals surface area contributed by atoms with Gasteiger partial charge in [0, 0.05) is 30.0 Å². The number of amides is 1. The fourth-order valence-electron chi connectivity index (χ4n) is 4.48. The van der Waals surface area contributed by atoms with Gasteiger partial charge in [0.1, 0.15) is 17.2 Å². The lowest BCUT2D eigenvalue weighted by Gasteiger charge is -2.31. The number of carbonyl (C=O) groups is 1. The Morgan fingerprint density at radius 1 is 1.12 bits per heavy atom. The molecular weight excluding hydrogens is 446 g/mol. The van der Waals surface area contributed by atoms with Crippen molar-refractivity contribution in [2.45, 2.75) is 32.6 Å². The highest BCUT2D eigenvalue weighted by Crippen LogP contribution is 2.38. The van der Waals surface area contributed by atoms with Gasteiger partial charge in [0.2, 0.25) is 0 Å². The number of rotatable bonds is 6. The van der Waals surface area contributed by atoms with Crippen LogP contribution < -0.4 is 4.74 Å². The molecule has 0 saturated carbocycles. The second-order valence-corrected chi connectivity index (χ2v) is 9.28. The third kappa shape index (κ3) is 4.35. The highest BCUT2D eigenvalue weighted by atomic mass is 32.1. The van der Waals surface area contributed by atoms with Gasteiger partial charge in [-0.3, -0.25) is 4.79 Å². The summed E-state index contributed by atoms with van der Waals surface area (Å²) < 4.78 is 11.2. The van der Waals surface area contributed by atoms with Gasteiger partial charge in [-0.2, -0.15) is 0 Å². The Kier molecular flexibility index (Phi) is 6.45. The van der Waals surface area contributed by atoms with Crippen LogP contribution >= 0.6 is 11.3 Å². The van der Waals surface area contributed by atoms with Gasteiger partial charge < -0.3 is 14.2 Å². The van der Waals surface area contributed by atoms with Gasteiger partial charge in [0.25, 0.3) is 5.91 Å². The van der Waals surface area contributed by atoms with Crippen molar-refractivity contribution in [1.82, 2.24) is 15.0 Å². The second-order valence-electron chi connectivity index (χ2n) is 8.40. The van der Waals surface area contributed by atoms with Gasteiger partial charge in [-0.05, 0) is 38.8 Å². The number of aryl methyl sites for hydroxylation is 1. The molecule has 0 radical (unpaired) electrons. The number of para-hydroxylation sites is 1. The number of hydrogen-bond acceptors (Lipinski definition) is 6. The Hall–Kier alpha value is -3.45. The number of carbonyl (C=O) groups excluding carboxylic acids is 1. The van der Waals surface area contributed by atoms with Crippen LogP contribution in [0.3, 0.4) is 0 Å². The van der Waals surface area contributed by atoms with Crippen molar-refractivity contribution in [2.24, 2.45) is 0 Å². The number of piperidine rings is 1. The molecule has 1 aliphatic rings. The van der Waals surface area contributed by atoms with E-state index in [1.54, 1.807) is 11.3 Å². The SMILES string of the molecule is CCOc1ccccc1C(=O)N1CCC(c2nc(-c3c(-c4ccccc4)noc3C)cs2)CC1. The van der Waals surface area contributed by atoms with Crippen LogP contribution in [0.5, 0.6) is 5.75 Å². The second kappa shape index (κ2) is 9.81. The molecule has 2 aromatic heterocycles. The quantitative estimate of drug-likeness (QED) is 0.334. The normalized spacial score (nSPS) is 14.4. The fourth-order valence-corrected chi connectivity index (χ4v) is 5.46. The fraction of sp³-hybridized carbons (Fsp3) is 0.296. The van der Waals surface area contributed by atoms with Crippen molar-refractivity contribution in [3.05, 3.63) is 76.3 Å². The molecule has 0 atom stereocenters. The van der Waals surface area contributed by atoms with Gasteiger partial charge in [-0.1, -0.05) is 47.6 Å². The van der Waals surface area contributed by atoms with E-state index in [2.05, 4.69) is 10.5 Å². The van der Waals surface area contributed by atoms with Crippen molar-refractivity contribution < 1.29 is 14.1 Å². The van der Waals surface area contributed by atoms with Gasteiger partial charge in [-0.15, -0.1) is 11.3 Å². The minimum Gasteiger partial charge on any atom is -0.493 e. The van der Waals surface area contributed by atoms with Gasteiger partial charge in [0.15, 0.2) is 0 Å². The molecule has 0 spiro atoms. The molecule has 3 heterocycles. The van der Waals surface area contributed by atoms with Crippen molar-refractivity contribution in [2.75, 3.05) is 19.7 Å². The summed E-state index contributed by atoms with van der Waals surface area (Å²) in [6.45, 7) is 5.81. The lowest BCUT2D eigenvalue weighted by atomic mass is 9.96. The third-order valence-corrected chi connectivity index (χ3v) is 7.24. The summed E-state index contributed by atoms with van der Waals surface area (Å²) in [6, 6.07) is 17.5. The highest BCUT2D eigenvalue weighted by molar-refractivity contribution is 7.10. The molecule has 1 fully saturated rings. The predicted molar refractivity (Wildman–Crippen MR) is 133 cm³/mol. The largest absolute Gasteiger partial charge is 0.493 e. The monoisotopic (exact) mass is 473 g/mol. The Morgan fingerprint density at radius 3 is 2.62 bits per heavy atom. The van der Waals surface area contributed by atoms with Crippen LogP contribution in [0.4, 0.5) is 0 Å². The van der Waals surface area contributed by atoms with E-state index in [0.717, 1.165) is 46.1 Å². The van der Waals surface area contributed by atoms with E-state index in [-0.39, 0.29) is 5.91 Å². The van der Waals surface area contributed by atoms with Crippen molar-refractivity contribution in [1.29, 1.82) is 0 Å². The molecule has 174 valence electrons. The Morgan fingerprint density at radius 2 is 1.85 bits per heavy atom. The molecule has 5 rings (SSSR count). The Labute approximate surface area is 203 Å². The van der Waals surface area contributed by atoms with Gasteiger partial charge in [-0.25, -0.2) is 4.98 Å². The summed E-state index contributed by atoms with van der Waals surface area (Å²) in [5.41, 5.74) is 4.33. The molecule has 1 aliphatic heterocycles. The Balaban J connectivity index is 1.30. The van der Waals surface area contributed by atoms with E-state index >= 15 is 0 Å². The van der Waals surface area contributed by atoms with Crippen molar-refractivity contribution >= 4 is 17.2 Å². The first-order valence-electron chi connectivity index (χ1n) is 11.6. The van der Waals surface area contributed by atoms with Crippen LogP contribution in [-0.4, -0.2) is 40.6 Å². The number of aromatic nitrogens is 2. The zero-order valence-electron chi connectivity index (χ0n) is 19.4. The average molecular weight is 474 g/mol. The molecule has 6 nitrogen and oxygen atoms in total. The van der Waals surface area contributed by atoms with E-state index in [1.165, 1.54) is 0 Å². The zero-order chi connectivity index (χ0) is 23.5. The molecule has 0 unspecified atom stereocenters. The number of ether oxygens (including phenoxy) is 1. The predicted octanol–water partition coefficient (Wildman–Crippen LogP) is 6.19. The van der Waals surface area contributed by atoms with Crippen LogP contribution in [0.1, 0.15) is 46.8 Å². The molecule has 1 amide bonds. The summed E-state index contributed by atoms with van der Waals surface area (Å²) in [7, 11) is 0. The maximum atomic E-state index is 13.1. The molecule has 1 saturated heterocycles. The maximum Gasteiger partial charge on any atom is 0.257 e. The van der Waals surface area contributed by atoms with Gasteiger partial charge >= 0.3 is 0 Å². The molecule has 2 aromatic carbocycles. The molecule has 7 heteroatoms. The van der Waals surface area contributed by atoms with E-state index < -0.39 is 0 Å². The first-order chi connectivity index (χ1) is 16.7. The molecule has 0 aliphatic carbocycles. The van der Waals surface area contributed by atoms with E-state index in [0.29, 0.717) is 36.9 Å². The first-order valence-corrected chi connectivity index (χ1v) is 12.5. The van der Waals surface area contributed by atoms with Crippen molar-refractivity contribution in [3.63, 3.8) is 0 Å². The number of thiazole rings is 1. The smallest absolute Gasteiger partial charge is 0.257 e. The average Bonchev–Trinajstić information content (AvgIpc) is 3.51. The first kappa shape index (κ1) is 22.3. The maximum absolute atomic E-state index is 13.1. The minimum atomic E-state index is 0.0370.